The quantitative estimate of drug-likeness (QED) is 0.447. The number of nitrogens with zero attached hydrogens (tertiary/aromatic N) is 2. The van der Waals surface area contributed by atoms with E-state index in [9.17, 15) is 4.79 Å². The number of imidazole rings is 1. The molecule has 64 valence electrons. The van der Waals surface area contributed by atoms with Crippen LogP contribution in [-0.4, -0.2) is 22.9 Å². The van der Waals surface area contributed by atoms with Crippen molar-refractivity contribution in [1.29, 1.82) is 0 Å². The summed E-state index contributed by atoms with van der Waals surface area (Å²) >= 11 is 0. The van der Waals surface area contributed by atoms with Crippen LogP contribution in [0.4, 0.5) is 0 Å². The van der Waals surface area contributed by atoms with Crippen molar-refractivity contribution >= 4 is 19.0 Å². The molecule has 0 unspecified atom stereocenters. The number of carboxylic acid groups (broad SMARTS) is 1. The van der Waals surface area contributed by atoms with Gasteiger partial charge in [0.25, 0.3) is 5.97 Å². The second-order valence-electron chi connectivity index (χ2n) is 2.68. The van der Waals surface area contributed by atoms with E-state index in [0.717, 1.165) is 5.72 Å². The van der Waals surface area contributed by atoms with Crippen molar-refractivity contribution in [2.75, 3.05) is 0 Å². The van der Waals surface area contributed by atoms with Gasteiger partial charge in [-0.15, -0.1) is 6.32 Å². The predicted octanol–water partition coefficient (Wildman–Crippen LogP) is -1.32. The highest BCUT2D eigenvalue weighted by Crippen LogP contribution is 1.79. The molecule has 0 fully saturated rings. The second-order valence-corrected chi connectivity index (χ2v) is 2.68. The summed E-state index contributed by atoms with van der Waals surface area (Å²) < 4.78 is 3.76. The first-order valence-corrected chi connectivity index (χ1v) is 3.67. The van der Waals surface area contributed by atoms with Gasteiger partial charge in [0.2, 0.25) is 0 Å². The second kappa shape index (κ2) is 3.43. The number of aryl methyl sites for hydroxylation is 2. The van der Waals surface area contributed by atoms with Crippen molar-refractivity contribution in [3.05, 3.63) is 12.4 Å². The molecule has 1 N–H and O–H groups in total. The Morgan fingerprint density at radius 3 is 2.92 bits per heavy atom. The molecule has 0 saturated heterocycles. The summed E-state index contributed by atoms with van der Waals surface area (Å²) in [7, 11) is 5.45. The smallest absolute Gasteiger partial charge is 0.262 e. The molecule has 0 amide bonds. The van der Waals surface area contributed by atoms with E-state index in [1.54, 1.807) is 7.28 Å². The van der Waals surface area contributed by atoms with Gasteiger partial charge in [-0.2, -0.15) is 7.28 Å². The Morgan fingerprint density at radius 1 is 1.83 bits per heavy atom. The standard InChI is InChI=1S/C7H10BN2O2/c1-9-3-4-10(2)7(9)8-5-6(11)12/h3-4H,5H2,1-2H3/q-1/p+1. The lowest BCUT2D eigenvalue weighted by molar-refractivity contribution is -0.653. The first kappa shape index (κ1) is 8.84. The van der Waals surface area contributed by atoms with Crippen LogP contribution in [0.1, 0.15) is 0 Å². The van der Waals surface area contributed by atoms with Crippen LogP contribution in [-0.2, 0) is 18.9 Å². The maximum Gasteiger partial charge on any atom is 0.262 e. The fourth-order valence-corrected chi connectivity index (χ4v) is 1.07. The number of aliphatic carboxylic acids is 1. The third-order valence-corrected chi connectivity index (χ3v) is 1.70. The van der Waals surface area contributed by atoms with Crippen LogP contribution in [0.25, 0.3) is 0 Å². The minimum absolute atomic E-state index is 0.0612. The van der Waals surface area contributed by atoms with Gasteiger partial charge in [0.15, 0.2) is 0 Å². The molecule has 1 aromatic heterocycles. The van der Waals surface area contributed by atoms with Crippen molar-refractivity contribution in [3.8, 4) is 0 Å². The Labute approximate surface area is 71.7 Å². The lowest BCUT2D eigenvalue weighted by Gasteiger charge is -2.08. The molecule has 1 heterocycles. The molecule has 0 aliphatic rings. The van der Waals surface area contributed by atoms with E-state index in [4.69, 9.17) is 5.11 Å². The van der Waals surface area contributed by atoms with Gasteiger partial charge in [0.05, 0.1) is 14.1 Å². The minimum Gasteiger partial charge on any atom is -0.484 e. The highest BCUT2D eigenvalue weighted by Gasteiger charge is 1.99. The molecule has 1 aromatic rings. The highest BCUT2D eigenvalue weighted by atomic mass is 16.4. The van der Waals surface area contributed by atoms with E-state index < -0.39 is 5.97 Å². The van der Waals surface area contributed by atoms with E-state index in [1.165, 1.54) is 0 Å². The van der Waals surface area contributed by atoms with E-state index >= 15 is 0 Å². The van der Waals surface area contributed by atoms with Gasteiger partial charge in [-0.1, -0.05) is 0 Å². The average molecular weight is 166 g/mol. The summed E-state index contributed by atoms with van der Waals surface area (Å²) in [5.74, 6) is -0.809. The zero-order valence-corrected chi connectivity index (χ0v) is 7.19. The predicted molar refractivity (Wildman–Crippen MR) is 44.4 cm³/mol. The Morgan fingerprint density at radius 2 is 2.50 bits per heavy atom. The largest absolute Gasteiger partial charge is 0.484 e. The van der Waals surface area contributed by atoms with Gasteiger partial charge >= 0.3 is 0 Å². The van der Waals surface area contributed by atoms with Gasteiger partial charge in [0, 0.05) is 5.72 Å². The summed E-state index contributed by atoms with van der Waals surface area (Å²) in [6.07, 6.45) is 3.83. The SMILES string of the molecule is Cn1cc[n+](C)c1[B-]CC(=O)O. The molecule has 0 aromatic carbocycles. The zero-order chi connectivity index (χ0) is 9.14. The van der Waals surface area contributed by atoms with Gasteiger partial charge in [-0.05, 0) is 0 Å². The topological polar surface area (TPSA) is 46.1 Å². The number of rotatable bonds is 3. The van der Waals surface area contributed by atoms with Crippen molar-refractivity contribution in [2.45, 2.75) is 6.32 Å². The molecule has 0 saturated carbocycles. The molecular formula is C7H11BN2O2. The average Bonchev–Trinajstić information content (AvgIpc) is 2.28. The minimum atomic E-state index is -0.809. The van der Waals surface area contributed by atoms with Crippen LogP contribution in [0.3, 0.4) is 0 Å². The van der Waals surface area contributed by atoms with Crippen LogP contribution in [0.2, 0.25) is 6.32 Å². The van der Waals surface area contributed by atoms with Gasteiger partial charge < -0.3 is 5.11 Å². The third-order valence-electron chi connectivity index (χ3n) is 1.70. The molecule has 1 rings (SSSR count). The molecular weight excluding hydrogens is 155 g/mol. The van der Waals surface area contributed by atoms with Crippen molar-refractivity contribution in [1.82, 2.24) is 4.57 Å². The maximum atomic E-state index is 10.3. The number of aromatic nitrogens is 2. The lowest BCUT2D eigenvalue weighted by Crippen LogP contribution is -2.49. The van der Waals surface area contributed by atoms with Crippen molar-refractivity contribution < 1.29 is 14.5 Å². The highest BCUT2D eigenvalue weighted by molar-refractivity contribution is 6.54. The van der Waals surface area contributed by atoms with E-state index in [0.29, 0.717) is 0 Å². The first-order valence-electron chi connectivity index (χ1n) is 3.67. The number of carbonyl (C=O) groups is 1. The van der Waals surface area contributed by atoms with Crippen molar-refractivity contribution in [3.63, 3.8) is 0 Å². The zero-order valence-electron chi connectivity index (χ0n) is 7.19. The summed E-state index contributed by atoms with van der Waals surface area (Å²) in [6, 6.07) is 0. The summed E-state index contributed by atoms with van der Waals surface area (Å²) in [5, 5.41) is 8.44. The summed E-state index contributed by atoms with van der Waals surface area (Å²) in [5.41, 5.74) is 0.900. The molecule has 5 heteroatoms. The van der Waals surface area contributed by atoms with Crippen LogP contribution in [0, 0.1) is 0 Å². The molecule has 0 aliphatic heterocycles. The Kier molecular flexibility index (Phi) is 2.52. The van der Waals surface area contributed by atoms with Gasteiger partial charge in [-0.25, -0.2) is 0 Å². The van der Waals surface area contributed by atoms with Gasteiger partial charge in [-0.3, -0.25) is 13.9 Å². The van der Waals surface area contributed by atoms with Crippen LogP contribution >= 0.6 is 0 Å². The molecule has 0 bridgehead atoms. The molecule has 4 nitrogen and oxygen atoms in total. The van der Waals surface area contributed by atoms with Gasteiger partial charge in [0.1, 0.15) is 12.4 Å². The monoisotopic (exact) mass is 166 g/mol. The summed E-state index contributed by atoms with van der Waals surface area (Å²) in [6.45, 7) is 0. The Balaban J connectivity index is 2.68. The molecule has 12 heavy (non-hydrogen) atoms. The maximum absolute atomic E-state index is 10.3. The normalized spacial score (nSPS) is 10.2. The Bertz CT molecular complexity index is 276. The summed E-state index contributed by atoms with van der Waals surface area (Å²) in [4.78, 5) is 10.3. The van der Waals surface area contributed by atoms with Crippen LogP contribution < -0.4 is 10.3 Å². The molecule has 0 aliphatic carbocycles. The Hall–Kier alpha value is -1.26. The van der Waals surface area contributed by atoms with E-state index in [-0.39, 0.29) is 6.32 Å². The molecule has 0 spiro atoms. The third kappa shape index (κ3) is 1.87. The lowest BCUT2D eigenvalue weighted by atomic mass is 9.73. The fourth-order valence-electron chi connectivity index (χ4n) is 1.07. The molecule has 0 atom stereocenters. The van der Waals surface area contributed by atoms with Crippen LogP contribution in [0.5, 0.6) is 0 Å². The number of carboxylic acids is 1. The number of hydrogen-bond acceptors (Lipinski definition) is 1. The number of hydrogen-bond donors (Lipinski definition) is 1. The van der Waals surface area contributed by atoms with E-state index in [1.807, 2.05) is 35.6 Å². The van der Waals surface area contributed by atoms with Crippen LogP contribution in [0.15, 0.2) is 12.4 Å². The fraction of sp³-hybridized carbons (Fsp3) is 0.429. The van der Waals surface area contributed by atoms with E-state index in [2.05, 4.69) is 0 Å². The first-order chi connectivity index (χ1) is 5.61. The van der Waals surface area contributed by atoms with Crippen molar-refractivity contribution in [2.24, 2.45) is 14.1 Å². The molecule has 2 radical (unpaired) electrons.